The lowest BCUT2D eigenvalue weighted by atomic mass is 9.75. The van der Waals surface area contributed by atoms with E-state index in [0.29, 0.717) is 40.8 Å². The lowest BCUT2D eigenvalue weighted by Gasteiger charge is -2.38. The Hall–Kier alpha value is -0.280. The summed E-state index contributed by atoms with van der Waals surface area (Å²) in [7, 11) is 0. The van der Waals surface area contributed by atoms with Gasteiger partial charge in [-0.2, -0.15) is 0 Å². The normalized spacial score (nSPS) is 29.2. The van der Waals surface area contributed by atoms with Crippen LogP contribution >= 0.6 is 23.2 Å². The van der Waals surface area contributed by atoms with Crippen molar-refractivity contribution in [3.63, 3.8) is 0 Å². The highest BCUT2D eigenvalue weighted by molar-refractivity contribution is 6.36. The van der Waals surface area contributed by atoms with Crippen LogP contribution in [0, 0.1) is 5.92 Å². The fourth-order valence-corrected chi connectivity index (χ4v) is 3.26. The molecule has 4 heteroatoms. The van der Waals surface area contributed by atoms with Gasteiger partial charge in [0.15, 0.2) is 0 Å². The molecule has 0 aromatic heterocycles. The maximum atomic E-state index is 10.6. The number of benzene rings is 1. The second kappa shape index (κ2) is 6.01. The summed E-state index contributed by atoms with van der Waals surface area (Å²) >= 11 is 12.2. The topological polar surface area (TPSA) is 40.5 Å². The Morgan fingerprint density at radius 1 is 1.26 bits per heavy atom. The van der Waals surface area contributed by atoms with Gasteiger partial charge in [-0.05, 0) is 49.3 Å². The van der Waals surface area contributed by atoms with Crippen LogP contribution in [0.2, 0.25) is 10.0 Å². The Morgan fingerprint density at radius 3 is 2.32 bits per heavy atom. The van der Waals surface area contributed by atoms with Gasteiger partial charge in [-0.25, -0.2) is 0 Å². The van der Waals surface area contributed by atoms with Gasteiger partial charge >= 0.3 is 0 Å². The number of aliphatic hydroxyl groups excluding tert-OH is 1. The quantitative estimate of drug-likeness (QED) is 0.890. The molecule has 0 spiro atoms. The first-order chi connectivity index (χ1) is 8.92. The first-order valence-electron chi connectivity index (χ1n) is 6.76. The first-order valence-corrected chi connectivity index (χ1v) is 7.51. The molecule has 0 radical (unpaired) electrons. The van der Waals surface area contributed by atoms with Gasteiger partial charge in [0.2, 0.25) is 0 Å². The Balaban J connectivity index is 2.10. The molecule has 1 aliphatic carbocycles. The van der Waals surface area contributed by atoms with Crippen molar-refractivity contribution in [2.75, 3.05) is 0 Å². The fourth-order valence-electron chi connectivity index (χ4n) is 2.71. The largest absolute Gasteiger partial charge is 0.390 e. The van der Waals surface area contributed by atoms with Gasteiger partial charge in [-0.3, -0.25) is 0 Å². The number of halogens is 2. The molecule has 0 saturated heterocycles. The van der Waals surface area contributed by atoms with Crippen LogP contribution in [0.5, 0.6) is 0 Å². The van der Waals surface area contributed by atoms with Gasteiger partial charge in [0, 0.05) is 16.5 Å². The van der Waals surface area contributed by atoms with Crippen molar-refractivity contribution < 1.29 is 10.2 Å². The Kier molecular flexibility index (Phi) is 4.78. The van der Waals surface area contributed by atoms with Gasteiger partial charge in [0.05, 0.1) is 11.7 Å². The SMILES string of the molecule is CC1CCC(O)(C(O)Cc2c(Cl)cccc2Cl)CC1. The summed E-state index contributed by atoms with van der Waals surface area (Å²) in [6.45, 7) is 2.18. The number of hydrogen-bond donors (Lipinski definition) is 2. The molecular weight excluding hydrogens is 283 g/mol. The smallest absolute Gasteiger partial charge is 0.0909 e. The summed E-state index contributed by atoms with van der Waals surface area (Å²) in [6, 6.07) is 5.28. The van der Waals surface area contributed by atoms with Crippen LogP contribution in [0.25, 0.3) is 0 Å². The average Bonchev–Trinajstić information content (AvgIpc) is 2.37. The standard InChI is InChI=1S/C15H20Cl2O2/c1-10-5-7-15(19,8-6-10)14(18)9-11-12(16)3-2-4-13(11)17/h2-4,10,14,18-19H,5-9H2,1H3. The Bertz CT molecular complexity index is 420. The van der Waals surface area contributed by atoms with Crippen LogP contribution in [0.3, 0.4) is 0 Å². The van der Waals surface area contributed by atoms with E-state index in [9.17, 15) is 10.2 Å². The molecule has 1 atom stereocenters. The Morgan fingerprint density at radius 2 is 1.79 bits per heavy atom. The van der Waals surface area contributed by atoms with Gasteiger partial charge < -0.3 is 10.2 Å². The molecule has 0 aliphatic heterocycles. The lowest BCUT2D eigenvalue weighted by molar-refractivity contribution is -0.102. The van der Waals surface area contributed by atoms with Gasteiger partial charge in [-0.1, -0.05) is 36.2 Å². The molecule has 2 rings (SSSR count). The predicted octanol–water partition coefficient (Wildman–Crippen LogP) is 3.84. The molecule has 1 saturated carbocycles. The minimum atomic E-state index is -1.00. The van der Waals surface area contributed by atoms with Crippen molar-refractivity contribution in [1.82, 2.24) is 0 Å². The van der Waals surface area contributed by atoms with Crippen molar-refractivity contribution >= 4 is 23.2 Å². The summed E-state index contributed by atoms with van der Waals surface area (Å²) in [5.41, 5.74) is -0.292. The van der Waals surface area contributed by atoms with E-state index in [4.69, 9.17) is 23.2 Å². The molecule has 1 aliphatic rings. The zero-order valence-corrected chi connectivity index (χ0v) is 12.6. The van der Waals surface area contributed by atoms with Crippen LogP contribution in [0.1, 0.15) is 38.2 Å². The number of hydrogen-bond acceptors (Lipinski definition) is 2. The van der Waals surface area contributed by atoms with Crippen molar-refractivity contribution in [2.24, 2.45) is 5.92 Å². The van der Waals surface area contributed by atoms with Crippen molar-refractivity contribution in [2.45, 2.75) is 50.7 Å². The molecule has 19 heavy (non-hydrogen) atoms. The molecule has 1 unspecified atom stereocenters. The molecule has 0 bridgehead atoms. The van der Waals surface area contributed by atoms with E-state index in [1.165, 1.54) is 0 Å². The zero-order valence-electron chi connectivity index (χ0n) is 11.1. The summed E-state index contributed by atoms with van der Waals surface area (Å²) in [4.78, 5) is 0. The predicted molar refractivity (Wildman–Crippen MR) is 78.8 cm³/mol. The maximum Gasteiger partial charge on any atom is 0.0909 e. The maximum absolute atomic E-state index is 10.6. The van der Waals surface area contributed by atoms with Crippen LogP contribution in [0.15, 0.2) is 18.2 Å². The second-order valence-electron chi connectivity index (χ2n) is 5.71. The van der Waals surface area contributed by atoms with E-state index in [0.717, 1.165) is 12.8 Å². The minimum Gasteiger partial charge on any atom is -0.390 e. The highest BCUT2D eigenvalue weighted by Crippen LogP contribution is 2.36. The first kappa shape index (κ1) is 15.1. The second-order valence-corrected chi connectivity index (χ2v) is 6.52. The third-order valence-electron chi connectivity index (χ3n) is 4.22. The minimum absolute atomic E-state index is 0.295. The lowest BCUT2D eigenvalue weighted by Crippen LogP contribution is -2.46. The molecular formula is C15H20Cl2O2. The van der Waals surface area contributed by atoms with Gasteiger partial charge in [0.1, 0.15) is 0 Å². The monoisotopic (exact) mass is 302 g/mol. The van der Waals surface area contributed by atoms with Crippen LogP contribution in [0.4, 0.5) is 0 Å². The molecule has 106 valence electrons. The zero-order chi connectivity index (χ0) is 14.0. The third kappa shape index (κ3) is 3.43. The summed E-state index contributed by atoms with van der Waals surface area (Å²) in [5.74, 6) is 0.622. The summed E-state index contributed by atoms with van der Waals surface area (Å²) in [5, 5.41) is 22.0. The van der Waals surface area contributed by atoms with E-state index in [1.54, 1.807) is 18.2 Å². The molecule has 0 heterocycles. The van der Waals surface area contributed by atoms with Gasteiger partial charge in [0.25, 0.3) is 0 Å². The molecule has 1 aromatic carbocycles. The van der Waals surface area contributed by atoms with Gasteiger partial charge in [-0.15, -0.1) is 0 Å². The molecule has 2 N–H and O–H groups in total. The fraction of sp³-hybridized carbons (Fsp3) is 0.600. The van der Waals surface area contributed by atoms with E-state index >= 15 is 0 Å². The van der Waals surface area contributed by atoms with E-state index in [2.05, 4.69) is 6.92 Å². The molecule has 1 aromatic rings. The number of rotatable bonds is 3. The van der Waals surface area contributed by atoms with E-state index < -0.39 is 11.7 Å². The molecule has 2 nitrogen and oxygen atoms in total. The van der Waals surface area contributed by atoms with Crippen molar-refractivity contribution in [3.05, 3.63) is 33.8 Å². The van der Waals surface area contributed by atoms with E-state index in [-0.39, 0.29) is 0 Å². The van der Waals surface area contributed by atoms with E-state index in [1.807, 2.05) is 0 Å². The molecule has 0 amide bonds. The Labute approximate surface area is 124 Å². The summed E-state index contributed by atoms with van der Waals surface area (Å²) < 4.78 is 0. The number of aliphatic hydroxyl groups is 2. The average molecular weight is 303 g/mol. The van der Waals surface area contributed by atoms with Crippen molar-refractivity contribution in [1.29, 1.82) is 0 Å². The third-order valence-corrected chi connectivity index (χ3v) is 4.93. The highest BCUT2D eigenvalue weighted by Gasteiger charge is 2.38. The molecule has 1 fully saturated rings. The van der Waals surface area contributed by atoms with Crippen LogP contribution in [-0.2, 0) is 6.42 Å². The highest BCUT2D eigenvalue weighted by atomic mass is 35.5. The van der Waals surface area contributed by atoms with Crippen molar-refractivity contribution in [3.8, 4) is 0 Å². The summed E-state index contributed by atoms with van der Waals surface area (Å²) in [6.07, 6.45) is 2.64. The van der Waals surface area contributed by atoms with Crippen LogP contribution in [-0.4, -0.2) is 21.9 Å². The van der Waals surface area contributed by atoms with Crippen LogP contribution < -0.4 is 0 Å².